The molecule has 0 amide bonds. The summed E-state index contributed by atoms with van der Waals surface area (Å²) in [5.74, 6) is 0.898. The van der Waals surface area contributed by atoms with Crippen molar-refractivity contribution >= 4 is 23.4 Å². The molecule has 4 aromatic rings. The SMILES string of the molecule is C1=CN(c2nn(-c3ccccc3)cc2C2CC(c3ccccn3)=NN2c2ccccc2)CC=N1. The van der Waals surface area contributed by atoms with Gasteiger partial charge in [0.05, 0.1) is 35.4 Å². The number of benzene rings is 2. The number of pyridine rings is 1. The molecule has 2 aromatic carbocycles. The van der Waals surface area contributed by atoms with E-state index >= 15 is 0 Å². The quantitative estimate of drug-likeness (QED) is 0.434. The Hall–Kier alpha value is -4.52. The monoisotopic (exact) mass is 445 g/mol. The first-order valence-corrected chi connectivity index (χ1v) is 11.3. The third-order valence-corrected chi connectivity index (χ3v) is 5.98. The second-order valence-corrected chi connectivity index (χ2v) is 8.13. The number of para-hydroxylation sites is 2. The molecule has 0 aliphatic carbocycles. The standard InChI is InChI=1S/C27H23N7/c1-3-9-21(10-4-1)33-20-23(27(31-33)32-17-15-28-16-18-32)26-19-25(24-13-7-8-14-29-24)30-34(26)22-11-5-2-6-12-22/h1-17,20,26H,18-19H2. The first-order chi connectivity index (χ1) is 16.9. The van der Waals surface area contributed by atoms with Crippen LogP contribution < -0.4 is 9.91 Å². The fourth-order valence-corrected chi connectivity index (χ4v) is 4.34. The highest BCUT2D eigenvalue weighted by molar-refractivity contribution is 6.02. The van der Waals surface area contributed by atoms with E-state index in [2.05, 4.69) is 50.3 Å². The summed E-state index contributed by atoms with van der Waals surface area (Å²) in [6.07, 6.45) is 10.3. The maximum absolute atomic E-state index is 5.04. The van der Waals surface area contributed by atoms with Crippen molar-refractivity contribution in [2.24, 2.45) is 10.1 Å². The van der Waals surface area contributed by atoms with Crippen LogP contribution >= 0.6 is 0 Å². The first kappa shape index (κ1) is 20.1. The lowest BCUT2D eigenvalue weighted by atomic mass is 10.0. The molecule has 2 aliphatic heterocycles. The van der Waals surface area contributed by atoms with Crippen LogP contribution in [0.15, 0.2) is 114 Å². The topological polar surface area (TPSA) is 61.9 Å². The zero-order chi connectivity index (χ0) is 22.7. The molecule has 34 heavy (non-hydrogen) atoms. The predicted molar refractivity (Wildman–Crippen MR) is 136 cm³/mol. The van der Waals surface area contributed by atoms with Crippen molar-refractivity contribution < 1.29 is 0 Å². The van der Waals surface area contributed by atoms with E-state index in [1.54, 1.807) is 6.20 Å². The molecule has 7 nitrogen and oxygen atoms in total. The van der Waals surface area contributed by atoms with Crippen LogP contribution in [0, 0.1) is 0 Å². The average Bonchev–Trinajstić information content (AvgIpc) is 3.56. The van der Waals surface area contributed by atoms with E-state index in [-0.39, 0.29) is 6.04 Å². The Labute approximate surface area is 198 Å². The normalized spacial score (nSPS) is 17.3. The second kappa shape index (κ2) is 8.78. The van der Waals surface area contributed by atoms with Gasteiger partial charge in [-0.15, -0.1) is 5.10 Å². The number of hydrogen-bond donors (Lipinski definition) is 0. The Morgan fingerprint density at radius 2 is 1.59 bits per heavy atom. The Balaban J connectivity index is 1.47. The predicted octanol–water partition coefficient (Wildman–Crippen LogP) is 4.99. The molecular formula is C27H23N7. The Morgan fingerprint density at radius 1 is 0.824 bits per heavy atom. The van der Waals surface area contributed by atoms with Gasteiger partial charge in [0.15, 0.2) is 5.82 Å². The van der Waals surface area contributed by atoms with E-state index < -0.39 is 0 Å². The van der Waals surface area contributed by atoms with Gasteiger partial charge in [-0.3, -0.25) is 15.0 Å². The molecule has 0 bridgehead atoms. The molecule has 1 atom stereocenters. The van der Waals surface area contributed by atoms with E-state index in [1.165, 1.54) is 0 Å². The molecule has 0 spiro atoms. The van der Waals surface area contributed by atoms with E-state index in [0.29, 0.717) is 6.54 Å². The molecule has 6 rings (SSSR count). The maximum Gasteiger partial charge on any atom is 0.160 e. The molecule has 0 saturated carbocycles. The van der Waals surface area contributed by atoms with Crippen molar-refractivity contribution in [2.45, 2.75) is 12.5 Å². The van der Waals surface area contributed by atoms with Gasteiger partial charge < -0.3 is 4.90 Å². The van der Waals surface area contributed by atoms with E-state index in [9.17, 15) is 0 Å². The van der Waals surface area contributed by atoms with E-state index in [1.807, 2.05) is 77.9 Å². The molecule has 0 fully saturated rings. The smallest absolute Gasteiger partial charge is 0.160 e. The van der Waals surface area contributed by atoms with Gasteiger partial charge in [-0.1, -0.05) is 42.5 Å². The van der Waals surface area contributed by atoms with Crippen LogP contribution in [0.2, 0.25) is 0 Å². The summed E-state index contributed by atoms with van der Waals surface area (Å²) in [7, 11) is 0. The zero-order valence-electron chi connectivity index (χ0n) is 18.5. The number of hydrogen-bond acceptors (Lipinski definition) is 6. The van der Waals surface area contributed by atoms with Gasteiger partial charge in [0.25, 0.3) is 0 Å². The molecule has 2 aromatic heterocycles. The van der Waals surface area contributed by atoms with Crippen molar-refractivity contribution in [3.05, 3.63) is 115 Å². The Bertz CT molecular complexity index is 1360. The second-order valence-electron chi connectivity index (χ2n) is 8.13. The highest BCUT2D eigenvalue weighted by Crippen LogP contribution is 2.40. The van der Waals surface area contributed by atoms with Crippen LogP contribution in [0.5, 0.6) is 0 Å². The summed E-state index contributed by atoms with van der Waals surface area (Å²) in [5, 5.41) is 12.2. The molecule has 7 heteroatoms. The molecule has 0 radical (unpaired) electrons. The molecule has 1 unspecified atom stereocenters. The van der Waals surface area contributed by atoms with Crippen LogP contribution in [0.1, 0.15) is 23.7 Å². The number of anilines is 2. The van der Waals surface area contributed by atoms with Gasteiger partial charge in [-0.05, 0) is 36.4 Å². The van der Waals surface area contributed by atoms with Crippen LogP contribution in [-0.4, -0.2) is 33.2 Å². The van der Waals surface area contributed by atoms with E-state index in [0.717, 1.165) is 40.6 Å². The van der Waals surface area contributed by atoms with Gasteiger partial charge in [0.1, 0.15) is 0 Å². The largest absolute Gasteiger partial charge is 0.324 e. The molecule has 2 aliphatic rings. The lowest BCUT2D eigenvalue weighted by molar-refractivity contribution is 0.707. The summed E-state index contributed by atoms with van der Waals surface area (Å²) in [4.78, 5) is 10.9. The lowest BCUT2D eigenvalue weighted by Gasteiger charge is -2.26. The minimum absolute atomic E-state index is 0.0286. The van der Waals surface area contributed by atoms with Crippen LogP contribution in [0.3, 0.4) is 0 Å². The van der Waals surface area contributed by atoms with Crippen molar-refractivity contribution in [3.8, 4) is 5.69 Å². The van der Waals surface area contributed by atoms with Crippen molar-refractivity contribution in [3.63, 3.8) is 0 Å². The fraction of sp³-hybridized carbons (Fsp3) is 0.111. The number of aliphatic imine (C=N–C) groups is 1. The highest BCUT2D eigenvalue weighted by Gasteiger charge is 2.34. The summed E-state index contributed by atoms with van der Waals surface area (Å²) >= 11 is 0. The van der Waals surface area contributed by atoms with Crippen LogP contribution in [0.4, 0.5) is 11.5 Å². The van der Waals surface area contributed by atoms with Gasteiger partial charge in [0, 0.05) is 43.0 Å². The molecule has 0 saturated heterocycles. The van der Waals surface area contributed by atoms with Gasteiger partial charge in [-0.25, -0.2) is 4.68 Å². The van der Waals surface area contributed by atoms with Crippen LogP contribution in [-0.2, 0) is 0 Å². The maximum atomic E-state index is 5.04. The lowest BCUT2D eigenvalue weighted by Crippen LogP contribution is -2.25. The first-order valence-electron chi connectivity index (χ1n) is 11.3. The number of nitrogens with zero attached hydrogens (tertiary/aromatic N) is 7. The third-order valence-electron chi connectivity index (χ3n) is 5.98. The molecule has 0 N–H and O–H groups in total. The number of aromatic nitrogens is 3. The van der Waals surface area contributed by atoms with E-state index in [4.69, 9.17) is 10.2 Å². The minimum Gasteiger partial charge on any atom is -0.324 e. The van der Waals surface area contributed by atoms with Crippen LogP contribution in [0.25, 0.3) is 5.69 Å². The average molecular weight is 446 g/mol. The van der Waals surface area contributed by atoms with Crippen molar-refractivity contribution in [1.82, 2.24) is 14.8 Å². The number of hydrazone groups is 1. The Morgan fingerprint density at radius 3 is 2.29 bits per heavy atom. The van der Waals surface area contributed by atoms with Gasteiger partial charge in [-0.2, -0.15) is 5.10 Å². The summed E-state index contributed by atoms with van der Waals surface area (Å²) < 4.78 is 1.95. The Kier molecular flexibility index (Phi) is 5.20. The minimum atomic E-state index is -0.0286. The van der Waals surface area contributed by atoms with Gasteiger partial charge in [0.2, 0.25) is 0 Å². The van der Waals surface area contributed by atoms with Gasteiger partial charge >= 0.3 is 0 Å². The van der Waals surface area contributed by atoms with Crippen molar-refractivity contribution in [1.29, 1.82) is 0 Å². The van der Waals surface area contributed by atoms with Crippen molar-refractivity contribution in [2.75, 3.05) is 16.5 Å². The number of rotatable bonds is 5. The summed E-state index contributed by atoms with van der Waals surface area (Å²) in [5.41, 5.74) is 5.01. The summed E-state index contributed by atoms with van der Waals surface area (Å²) in [6, 6.07) is 26.4. The molecule has 4 heterocycles. The molecule has 166 valence electrons. The zero-order valence-corrected chi connectivity index (χ0v) is 18.5. The highest BCUT2D eigenvalue weighted by atomic mass is 15.5. The third kappa shape index (κ3) is 3.77. The summed E-state index contributed by atoms with van der Waals surface area (Å²) in [6.45, 7) is 0.668. The molecular weight excluding hydrogens is 422 g/mol. The fourth-order valence-electron chi connectivity index (χ4n) is 4.34.